The zero-order chi connectivity index (χ0) is 31.0. The van der Waals surface area contributed by atoms with E-state index in [-0.39, 0.29) is 18.5 Å². The molecule has 232 valence electrons. The molecular weight excluding hydrogens is 591 g/mol. The van der Waals surface area contributed by atoms with Crippen LogP contribution in [0.1, 0.15) is 50.9 Å². The van der Waals surface area contributed by atoms with Gasteiger partial charge in [0, 0.05) is 56.1 Å². The number of nitrogens with one attached hydrogen (secondary N) is 2. The molecule has 0 aliphatic carbocycles. The molecule has 44 heavy (non-hydrogen) atoms. The van der Waals surface area contributed by atoms with E-state index in [2.05, 4.69) is 25.2 Å². The molecule has 0 bridgehead atoms. The number of amidine groups is 1. The minimum atomic E-state index is -0.774. The number of aromatic amines is 1. The van der Waals surface area contributed by atoms with Gasteiger partial charge in [-0.2, -0.15) is 9.49 Å². The summed E-state index contributed by atoms with van der Waals surface area (Å²) in [5.74, 6) is 0.605. The Morgan fingerprint density at radius 2 is 2.11 bits per heavy atom. The Hall–Kier alpha value is -4.14. The molecule has 6 heterocycles. The zero-order valence-corrected chi connectivity index (χ0v) is 25.2. The predicted octanol–water partition coefficient (Wildman–Crippen LogP) is 3.90. The van der Waals surface area contributed by atoms with E-state index >= 15 is 0 Å². The average Bonchev–Trinajstić information content (AvgIpc) is 3.39. The number of aromatic nitrogens is 6. The van der Waals surface area contributed by atoms with Gasteiger partial charge in [0.2, 0.25) is 0 Å². The van der Waals surface area contributed by atoms with Gasteiger partial charge in [-0.1, -0.05) is 18.5 Å². The molecule has 2 aliphatic rings. The summed E-state index contributed by atoms with van der Waals surface area (Å²) in [6, 6.07) is 4.12. The largest absolute Gasteiger partial charge is 0.390 e. The average molecular weight is 625 g/mol. The number of anilines is 2. The number of halogens is 2. The molecule has 6 rings (SSSR count). The first-order valence-electron chi connectivity index (χ1n) is 14.5. The lowest BCUT2D eigenvalue weighted by atomic mass is 9.79. The van der Waals surface area contributed by atoms with Gasteiger partial charge in [0.1, 0.15) is 28.6 Å². The smallest absolute Gasteiger partial charge is 0.252 e. The Labute approximate surface area is 257 Å². The first-order chi connectivity index (χ1) is 21.2. The number of H-pyrrole nitrogens is 1. The molecule has 2 fully saturated rings. The summed E-state index contributed by atoms with van der Waals surface area (Å²) < 4.78 is 21.6. The van der Waals surface area contributed by atoms with E-state index in [0.717, 1.165) is 25.3 Å². The molecule has 2 saturated heterocycles. The number of hydrogen-bond donors (Lipinski definition) is 4. The maximum atomic E-state index is 13.7. The number of aliphatic hydroxyl groups is 1. The highest BCUT2D eigenvalue weighted by molar-refractivity contribution is 6.35. The van der Waals surface area contributed by atoms with Crippen molar-refractivity contribution in [1.82, 2.24) is 29.7 Å². The van der Waals surface area contributed by atoms with Crippen LogP contribution in [0, 0.1) is 11.4 Å². The second-order valence-electron chi connectivity index (χ2n) is 11.3. The van der Waals surface area contributed by atoms with Crippen LogP contribution in [-0.2, 0) is 11.3 Å². The lowest BCUT2D eigenvalue weighted by Crippen LogP contribution is -2.46. The van der Waals surface area contributed by atoms with E-state index < -0.39 is 16.9 Å². The van der Waals surface area contributed by atoms with Crippen molar-refractivity contribution in [2.24, 2.45) is 16.1 Å². The highest BCUT2D eigenvalue weighted by Crippen LogP contribution is 2.39. The molecule has 13 nitrogen and oxygen atoms in total. The molecule has 15 heteroatoms. The highest BCUT2D eigenvalue weighted by atomic mass is 35.5. The number of aliphatic hydroxyl groups excluding tert-OH is 1. The summed E-state index contributed by atoms with van der Waals surface area (Å²) in [5, 5.41) is 18.8. The van der Waals surface area contributed by atoms with Crippen molar-refractivity contribution in [3.8, 4) is 11.3 Å². The fraction of sp³-hybridized carbons (Fsp3) is 0.448. The quantitative estimate of drug-likeness (QED) is 0.134. The van der Waals surface area contributed by atoms with Crippen molar-refractivity contribution >= 4 is 45.9 Å². The van der Waals surface area contributed by atoms with E-state index in [4.69, 9.17) is 37.1 Å². The summed E-state index contributed by atoms with van der Waals surface area (Å²) in [4.78, 5) is 34.4. The fourth-order valence-electron chi connectivity index (χ4n) is 5.74. The number of rotatable bonds is 7. The Balaban J connectivity index is 1.36. The molecule has 4 aromatic rings. The van der Waals surface area contributed by atoms with Crippen LogP contribution in [-0.4, -0.2) is 67.4 Å². The summed E-state index contributed by atoms with van der Waals surface area (Å²) in [6.07, 6.45) is 5.29. The highest BCUT2D eigenvalue weighted by Gasteiger charge is 2.36. The number of aliphatic imine (C=N–C) groups is 1. The standard InChI is InChI=1S/C29H34ClFN10O3/c1-29(28(32)35-16-13-19(31)37-20(43)14-16)7-10-40(11-8-29)26-18(15-42)36-24-23(17-6-9-34-25(33-2)22(17)30)39-41(27(24)38-26)21-5-3-4-12-44-21/h6,9,13-14,21,42H,3-5,7-8,10-12,15H2,1-2H3,(H,33,34)(H3,32,35,37,43). The van der Waals surface area contributed by atoms with Crippen molar-refractivity contribution < 1.29 is 14.2 Å². The molecule has 1 atom stereocenters. The van der Waals surface area contributed by atoms with Crippen LogP contribution < -0.4 is 21.5 Å². The first-order valence-corrected chi connectivity index (χ1v) is 14.9. The normalized spacial score (nSPS) is 19.0. The van der Waals surface area contributed by atoms with Gasteiger partial charge in [-0.15, -0.1) is 0 Å². The molecule has 0 spiro atoms. The minimum absolute atomic E-state index is 0.163. The number of ether oxygens (including phenoxy) is 1. The van der Waals surface area contributed by atoms with Crippen LogP contribution in [0.3, 0.4) is 0 Å². The third-order valence-corrected chi connectivity index (χ3v) is 8.75. The van der Waals surface area contributed by atoms with Gasteiger partial charge in [0.05, 0.1) is 17.3 Å². The molecule has 5 N–H and O–H groups in total. The van der Waals surface area contributed by atoms with Crippen LogP contribution in [0.5, 0.6) is 0 Å². The van der Waals surface area contributed by atoms with Crippen molar-refractivity contribution in [2.45, 2.75) is 51.9 Å². The van der Waals surface area contributed by atoms with E-state index in [9.17, 15) is 14.3 Å². The monoisotopic (exact) mass is 624 g/mol. The number of hydrogen-bond acceptors (Lipinski definition) is 10. The van der Waals surface area contributed by atoms with Crippen LogP contribution in [0.2, 0.25) is 5.02 Å². The second kappa shape index (κ2) is 12.1. The van der Waals surface area contributed by atoms with Gasteiger partial charge in [-0.3, -0.25) is 9.78 Å². The van der Waals surface area contributed by atoms with Crippen LogP contribution in [0.4, 0.5) is 21.7 Å². The summed E-state index contributed by atoms with van der Waals surface area (Å²) in [5.41, 5.74) is 8.09. The maximum Gasteiger partial charge on any atom is 0.252 e. The van der Waals surface area contributed by atoms with Crippen LogP contribution in [0.25, 0.3) is 22.4 Å². The van der Waals surface area contributed by atoms with Crippen molar-refractivity contribution in [3.63, 3.8) is 0 Å². The Kier molecular flexibility index (Phi) is 8.22. The van der Waals surface area contributed by atoms with Crippen molar-refractivity contribution in [3.05, 3.63) is 51.4 Å². The molecule has 2 aliphatic heterocycles. The van der Waals surface area contributed by atoms with Crippen molar-refractivity contribution in [1.29, 1.82) is 0 Å². The number of pyridine rings is 2. The van der Waals surface area contributed by atoms with Gasteiger partial charge in [0.15, 0.2) is 23.6 Å². The molecule has 1 unspecified atom stereocenters. The van der Waals surface area contributed by atoms with Crippen LogP contribution >= 0.6 is 11.6 Å². The molecular formula is C29H34ClFN10O3. The second-order valence-corrected chi connectivity index (χ2v) is 11.7. The van der Waals surface area contributed by atoms with Gasteiger partial charge in [0.25, 0.3) is 5.56 Å². The van der Waals surface area contributed by atoms with E-state index in [0.29, 0.717) is 83.1 Å². The summed E-state index contributed by atoms with van der Waals surface area (Å²) in [6.45, 7) is 3.38. The van der Waals surface area contributed by atoms with Gasteiger partial charge >= 0.3 is 0 Å². The SMILES string of the molecule is CNc1nccc(-c2nn(C3CCCCO3)c3nc(N4CCC(C)(C(N)=Nc5cc(F)[nH]c(=O)c5)CC4)c(CO)nc23)c1Cl. The Morgan fingerprint density at radius 3 is 2.80 bits per heavy atom. The van der Waals surface area contributed by atoms with Gasteiger partial charge in [-0.05, 0) is 38.2 Å². The predicted molar refractivity (Wildman–Crippen MR) is 166 cm³/mol. The molecule has 0 aromatic carbocycles. The number of fused-ring (bicyclic) bond motifs is 1. The molecule has 4 aromatic heterocycles. The van der Waals surface area contributed by atoms with Gasteiger partial charge < -0.3 is 25.8 Å². The summed E-state index contributed by atoms with van der Waals surface area (Å²) >= 11 is 6.72. The number of nitrogens with two attached hydrogens (primary N) is 1. The van der Waals surface area contributed by atoms with Crippen molar-refractivity contribution in [2.75, 3.05) is 37.0 Å². The van der Waals surface area contributed by atoms with E-state index in [1.165, 1.54) is 6.07 Å². The van der Waals surface area contributed by atoms with Crippen LogP contribution in [0.15, 0.2) is 34.2 Å². The third-order valence-electron chi connectivity index (χ3n) is 8.37. The van der Waals surface area contributed by atoms with E-state index in [1.54, 1.807) is 24.0 Å². The first kappa shape index (κ1) is 29.9. The molecule has 0 amide bonds. The Bertz CT molecular complexity index is 1780. The lowest BCUT2D eigenvalue weighted by Gasteiger charge is -2.39. The Morgan fingerprint density at radius 1 is 1.32 bits per heavy atom. The third kappa shape index (κ3) is 5.60. The van der Waals surface area contributed by atoms with Gasteiger partial charge in [-0.25, -0.2) is 24.6 Å². The number of piperidine rings is 1. The summed E-state index contributed by atoms with van der Waals surface area (Å²) in [7, 11) is 1.74. The maximum absolute atomic E-state index is 13.7. The zero-order valence-electron chi connectivity index (χ0n) is 24.5. The molecule has 0 saturated carbocycles. The molecule has 0 radical (unpaired) electrons. The fourth-order valence-corrected chi connectivity index (χ4v) is 6.03. The van der Waals surface area contributed by atoms with E-state index in [1.807, 2.05) is 6.92 Å². The number of nitrogens with zero attached hydrogens (tertiary/aromatic N) is 7. The topological polar surface area (TPSA) is 172 Å². The minimum Gasteiger partial charge on any atom is -0.390 e. The lowest BCUT2D eigenvalue weighted by molar-refractivity contribution is -0.0368.